The minimum Gasteiger partial charge on any atom is -0.371 e. The number of amides is 1. The predicted octanol–water partition coefficient (Wildman–Crippen LogP) is 3.73. The molecule has 1 amide bonds. The molecule has 2 heterocycles. The second kappa shape index (κ2) is 6.96. The van der Waals surface area contributed by atoms with E-state index in [1.165, 1.54) is 12.1 Å². The number of hydrogen-bond donors (Lipinski definition) is 1. The zero-order chi connectivity index (χ0) is 16.2. The molecule has 120 valence electrons. The van der Waals surface area contributed by atoms with E-state index in [2.05, 4.69) is 15.2 Å². The maximum atomic E-state index is 12.9. The van der Waals surface area contributed by atoms with Gasteiger partial charge in [0.2, 0.25) is 5.91 Å². The first-order valence-corrected chi connectivity index (χ1v) is 7.92. The number of nitrogens with one attached hydrogen (secondary N) is 1. The van der Waals surface area contributed by atoms with Crippen LogP contribution in [0.5, 0.6) is 0 Å². The van der Waals surface area contributed by atoms with Crippen LogP contribution in [0.3, 0.4) is 0 Å². The second-order valence-corrected chi connectivity index (χ2v) is 5.98. The Kier molecular flexibility index (Phi) is 4.76. The topological polar surface area (TPSA) is 45.2 Å². The van der Waals surface area contributed by atoms with Crippen LogP contribution < -0.4 is 10.2 Å². The normalized spacial score (nSPS) is 15.5. The van der Waals surface area contributed by atoms with E-state index in [1.807, 2.05) is 12.1 Å². The largest absolute Gasteiger partial charge is 0.371 e. The molecule has 4 nitrogen and oxygen atoms in total. The Morgan fingerprint density at radius 2 is 1.91 bits per heavy atom. The van der Waals surface area contributed by atoms with Crippen LogP contribution in [-0.2, 0) is 4.79 Å². The number of aromatic nitrogens is 1. The Bertz CT molecular complexity index is 684. The Labute approximate surface area is 139 Å². The smallest absolute Gasteiger partial charge is 0.227 e. The fourth-order valence-corrected chi connectivity index (χ4v) is 2.93. The van der Waals surface area contributed by atoms with Gasteiger partial charge in [0.05, 0.1) is 0 Å². The monoisotopic (exact) mass is 333 g/mol. The molecule has 1 fully saturated rings. The summed E-state index contributed by atoms with van der Waals surface area (Å²) < 4.78 is 12.9. The first-order chi connectivity index (χ1) is 11.1. The lowest BCUT2D eigenvalue weighted by Gasteiger charge is -2.33. The van der Waals surface area contributed by atoms with Crippen molar-refractivity contribution in [1.82, 2.24) is 4.98 Å². The number of pyridine rings is 1. The van der Waals surface area contributed by atoms with E-state index >= 15 is 0 Å². The number of halogens is 2. The molecule has 0 unspecified atom stereocenters. The number of benzene rings is 1. The Morgan fingerprint density at radius 3 is 2.57 bits per heavy atom. The van der Waals surface area contributed by atoms with Gasteiger partial charge in [-0.25, -0.2) is 9.37 Å². The standard InChI is InChI=1S/C17H17ClFN3O/c18-16-11-15(5-8-20-16)22-9-6-12(7-10-22)17(23)21-14-3-1-13(19)2-4-14/h1-5,8,11-12H,6-7,9-10H2,(H,21,23). The van der Waals surface area contributed by atoms with Gasteiger partial charge >= 0.3 is 0 Å². The summed E-state index contributed by atoms with van der Waals surface area (Å²) in [5, 5.41) is 3.32. The average Bonchev–Trinajstić information content (AvgIpc) is 2.57. The number of nitrogens with zero attached hydrogens (tertiary/aromatic N) is 2. The average molecular weight is 334 g/mol. The third kappa shape index (κ3) is 3.99. The van der Waals surface area contributed by atoms with Gasteiger partial charge in [-0.3, -0.25) is 4.79 Å². The lowest BCUT2D eigenvalue weighted by molar-refractivity contribution is -0.120. The van der Waals surface area contributed by atoms with Gasteiger partial charge in [-0.2, -0.15) is 0 Å². The van der Waals surface area contributed by atoms with Crippen molar-refractivity contribution < 1.29 is 9.18 Å². The van der Waals surface area contributed by atoms with E-state index < -0.39 is 0 Å². The summed E-state index contributed by atoms with van der Waals surface area (Å²) in [5.41, 5.74) is 1.65. The van der Waals surface area contributed by atoms with Crippen LogP contribution in [0.25, 0.3) is 0 Å². The molecule has 23 heavy (non-hydrogen) atoms. The summed E-state index contributed by atoms with van der Waals surface area (Å²) >= 11 is 5.92. The van der Waals surface area contributed by atoms with Crippen molar-refractivity contribution in [2.75, 3.05) is 23.3 Å². The molecule has 6 heteroatoms. The first-order valence-electron chi connectivity index (χ1n) is 7.55. The molecule has 1 aliphatic heterocycles. The van der Waals surface area contributed by atoms with Crippen molar-refractivity contribution in [2.45, 2.75) is 12.8 Å². The molecule has 0 radical (unpaired) electrons. The lowest BCUT2D eigenvalue weighted by Crippen LogP contribution is -2.38. The summed E-state index contributed by atoms with van der Waals surface area (Å²) in [5.74, 6) is -0.357. The fourth-order valence-electron chi connectivity index (χ4n) is 2.77. The van der Waals surface area contributed by atoms with Crippen molar-refractivity contribution >= 4 is 28.9 Å². The molecule has 0 bridgehead atoms. The van der Waals surface area contributed by atoms with Gasteiger partial charge in [0.25, 0.3) is 0 Å². The Morgan fingerprint density at radius 1 is 1.22 bits per heavy atom. The van der Waals surface area contributed by atoms with Crippen LogP contribution in [0.15, 0.2) is 42.6 Å². The molecule has 0 atom stereocenters. The maximum Gasteiger partial charge on any atom is 0.227 e. The van der Waals surface area contributed by atoms with Crippen molar-refractivity contribution in [3.05, 3.63) is 53.6 Å². The molecule has 1 N–H and O–H groups in total. The van der Waals surface area contributed by atoms with E-state index in [4.69, 9.17) is 11.6 Å². The third-order valence-corrected chi connectivity index (χ3v) is 4.26. The molecule has 1 aromatic carbocycles. The van der Waals surface area contributed by atoms with E-state index in [0.29, 0.717) is 10.8 Å². The maximum absolute atomic E-state index is 12.9. The minimum absolute atomic E-state index is 0.0102. The van der Waals surface area contributed by atoms with Crippen LogP contribution in [0.1, 0.15) is 12.8 Å². The molecule has 3 rings (SSSR count). The van der Waals surface area contributed by atoms with Crippen LogP contribution in [-0.4, -0.2) is 24.0 Å². The summed E-state index contributed by atoms with van der Waals surface area (Å²) in [4.78, 5) is 18.5. The van der Waals surface area contributed by atoms with E-state index in [0.717, 1.165) is 31.6 Å². The molecule has 2 aromatic rings. The van der Waals surface area contributed by atoms with Gasteiger partial charge in [-0.1, -0.05) is 11.6 Å². The summed E-state index contributed by atoms with van der Waals surface area (Å²) in [6.45, 7) is 1.59. The zero-order valence-electron chi connectivity index (χ0n) is 12.5. The highest BCUT2D eigenvalue weighted by atomic mass is 35.5. The SMILES string of the molecule is O=C(Nc1ccc(F)cc1)C1CCN(c2ccnc(Cl)c2)CC1. The van der Waals surface area contributed by atoms with E-state index in [-0.39, 0.29) is 17.6 Å². The molecule has 1 aromatic heterocycles. The zero-order valence-corrected chi connectivity index (χ0v) is 13.3. The number of anilines is 2. The summed E-state index contributed by atoms with van der Waals surface area (Å²) in [7, 11) is 0. The predicted molar refractivity (Wildman–Crippen MR) is 89.2 cm³/mol. The molecule has 1 saturated heterocycles. The lowest BCUT2D eigenvalue weighted by atomic mass is 9.95. The van der Waals surface area contributed by atoms with Gasteiger partial charge in [-0.05, 0) is 49.2 Å². The summed E-state index contributed by atoms with van der Waals surface area (Å²) in [6.07, 6.45) is 3.23. The number of rotatable bonds is 3. The van der Waals surface area contributed by atoms with Gasteiger partial charge in [0.1, 0.15) is 11.0 Å². The molecular formula is C17H17ClFN3O. The highest BCUT2D eigenvalue weighted by Crippen LogP contribution is 2.25. The quantitative estimate of drug-likeness (QED) is 0.870. The van der Waals surface area contributed by atoms with Crippen LogP contribution in [0.4, 0.5) is 15.8 Å². The number of hydrogen-bond acceptors (Lipinski definition) is 3. The summed E-state index contributed by atoms with van der Waals surface area (Å²) in [6, 6.07) is 9.57. The van der Waals surface area contributed by atoms with E-state index in [9.17, 15) is 9.18 Å². The van der Waals surface area contributed by atoms with Crippen molar-refractivity contribution in [3.8, 4) is 0 Å². The van der Waals surface area contributed by atoms with Crippen molar-refractivity contribution in [1.29, 1.82) is 0 Å². The van der Waals surface area contributed by atoms with Gasteiger partial charge in [-0.15, -0.1) is 0 Å². The fraction of sp³-hybridized carbons (Fsp3) is 0.294. The van der Waals surface area contributed by atoms with Gasteiger partial charge < -0.3 is 10.2 Å². The molecule has 0 aliphatic carbocycles. The number of piperidine rings is 1. The van der Waals surface area contributed by atoms with Crippen LogP contribution in [0, 0.1) is 11.7 Å². The Balaban J connectivity index is 1.56. The highest BCUT2D eigenvalue weighted by molar-refractivity contribution is 6.29. The van der Waals surface area contributed by atoms with Crippen LogP contribution >= 0.6 is 11.6 Å². The minimum atomic E-state index is -0.313. The van der Waals surface area contributed by atoms with Crippen molar-refractivity contribution in [3.63, 3.8) is 0 Å². The number of carbonyl (C=O) groups excluding carboxylic acids is 1. The molecule has 1 aliphatic rings. The molecule has 0 spiro atoms. The number of carbonyl (C=O) groups is 1. The van der Waals surface area contributed by atoms with Gasteiger partial charge in [0, 0.05) is 36.6 Å². The first kappa shape index (κ1) is 15.7. The Hall–Kier alpha value is -2.14. The van der Waals surface area contributed by atoms with Gasteiger partial charge in [0.15, 0.2) is 0 Å². The molecule has 0 saturated carbocycles. The second-order valence-electron chi connectivity index (χ2n) is 5.59. The highest BCUT2D eigenvalue weighted by Gasteiger charge is 2.25. The third-order valence-electron chi connectivity index (χ3n) is 4.05. The molecular weight excluding hydrogens is 317 g/mol. The van der Waals surface area contributed by atoms with E-state index in [1.54, 1.807) is 18.3 Å². The van der Waals surface area contributed by atoms with Crippen molar-refractivity contribution in [2.24, 2.45) is 5.92 Å². The van der Waals surface area contributed by atoms with Crippen LogP contribution in [0.2, 0.25) is 5.15 Å².